The lowest BCUT2D eigenvalue weighted by Crippen LogP contribution is -2.38. The number of aliphatic hydroxyl groups excluding tert-OH is 1. The maximum absolute atomic E-state index is 9.39. The molecule has 2 aromatic rings. The summed E-state index contributed by atoms with van der Waals surface area (Å²) in [7, 11) is 0. The molecule has 0 atom stereocenters. The number of aliphatic imine (C=N–C) groups is 1. The van der Waals surface area contributed by atoms with Gasteiger partial charge in [0.15, 0.2) is 5.96 Å². The molecule has 1 saturated carbocycles. The Morgan fingerprint density at radius 3 is 2.79 bits per heavy atom. The number of para-hydroxylation sites is 1. The number of H-pyrrole nitrogens is 1. The molecule has 0 bridgehead atoms. The molecule has 5 nitrogen and oxygen atoms in total. The van der Waals surface area contributed by atoms with E-state index in [0.717, 1.165) is 38.3 Å². The van der Waals surface area contributed by atoms with Crippen LogP contribution in [0.2, 0.25) is 0 Å². The van der Waals surface area contributed by atoms with Crippen molar-refractivity contribution in [1.82, 2.24) is 15.6 Å². The van der Waals surface area contributed by atoms with Crippen LogP contribution in [0.25, 0.3) is 10.9 Å². The summed E-state index contributed by atoms with van der Waals surface area (Å²) >= 11 is 0. The largest absolute Gasteiger partial charge is 0.396 e. The van der Waals surface area contributed by atoms with E-state index in [4.69, 9.17) is 0 Å². The van der Waals surface area contributed by atoms with E-state index in [1.807, 2.05) is 6.07 Å². The second kappa shape index (κ2) is 8.71. The third-order valence-electron chi connectivity index (χ3n) is 4.57. The number of guanidine groups is 1. The van der Waals surface area contributed by atoms with Crippen LogP contribution in [-0.2, 0) is 6.42 Å². The maximum Gasteiger partial charge on any atom is 0.191 e. The van der Waals surface area contributed by atoms with Crippen LogP contribution in [0.5, 0.6) is 0 Å². The normalized spacial score (nSPS) is 15.8. The minimum atomic E-state index is 0. The fourth-order valence-corrected chi connectivity index (χ4v) is 2.79. The Hall–Kier alpha value is -1.28. The van der Waals surface area contributed by atoms with Gasteiger partial charge in [0.1, 0.15) is 0 Å². The number of aromatic nitrogens is 1. The van der Waals surface area contributed by atoms with Crippen LogP contribution in [0.4, 0.5) is 0 Å². The number of benzene rings is 1. The van der Waals surface area contributed by atoms with E-state index in [0.29, 0.717) is 6.54 Å². The zero-order chi connectivity index (χ0) is 16.1. The van der Waals surface area contributed by atoms with Crippen LogP contribution < -0.4 is 10.6 Å². The molecule has 6 heteroatoms. The van der Waals surface area contributed by atoms with E-state index >= 15 is 0 Å². The number of fused-ring (bicyclic) bond motifs is 1. The third-order valence-corrected chi connectivity index (χ3v) is 4.57. The van der Waals surface area contributed by atoms with Gasteiger partial charge in [0, 0.05) is 35.6 Å². The average Bonchev–Trinajstić information content (AvgIpc) is 3.26. The van der Waals surface area contributed by atoms with Gasteiger partial charge in [-0.15, -0.1) is 24.0 Å². The van der Waals surface area contributed by atoms with Gasteiger partial charge >= 0.3 is 0 Å². The van der Waals surface area contributed by atoms with Gasteiger partial charge in [0.25, 0.3) is 0 Å². The van der Waals surface area contributed by atoms with Crippen LogP contribution in [0.15, 0.2) is 35.5 Å². The molecule has 0 amide bonds. The molecule has 1 heterocycles. The maximum atomic E-state index is 9.39. The van der Waals surface area contributed by atoms with Crippen molar-refractivity contribution in [2.24, 2.45) is 10.4 Å². The Morgan fingerprint density at radius 1 is 1.29 bits per heavy atom. The van der Waals surface area contributed by atoms with Crippen molar-refractivity contribution < 1.29 is 5.11 Å². The molecule has 1 aromatic carbocycles. The van der Waals surface area contributed by atoms with E-state index in [1.165, 1.54) is 16.5 Å². The van der Waals surface area contributed by atoms with E-state index in [1.54, 1.807) is 0 Å². The van der Waals surface area contributed by atoms with Gasteiger partial charge in [-0.05, 0) is 37.8 Å². The van der Waals surface area contributed by atoms with Crippen LogP contribution in [0, 0.1) is 5.41 Å². The van der Waals surface area contributed by atoms with Crippen molar-refractivity contribution in [3.63, 3.8) is 0 Å². The van der Waals surface area contributed by atoms with Crippen molar-refractivity contribution in [1.29, 1.82) is 0 Å². The number of aromatic amines is 1. The van der Waals surface area contributed by atoms with Crippen LogP contribution >= 0.6 is 24.0 Å². The average molecular weight is 442 g/mol. The van der Waals surface area contributed by atoms with Crippen molar-refractivity contribution in [2.45, 2.75) is 26.2 Å². The Kier molecular flexibility index (Phi) is 6.91. The number of hydrogen-bond donors (Lipinski definition) is 4. The fourth-order valence-electron chi connectivity index (χ4n) is 2.79. The molecule has 0 saturated heterocycles. The van der Waals surface area contributed by atoms with E-state index in [2.05, 4.69) is 51.9 Å². The highest BCUT2D eigenvalue weighted by atomic mass is 127. The molecule has 1 aliphatic rings. The van der Waals surface area contributed by atoms with Crippen molar-refractivity contribution >= 4 is 40.8 Å². The topological polar surface area (TPSA) is 72.4 Å². The molecule has 132 valence electrons. The Balaban J connectivity index is 0.00000208. The Bertz CT molecular complexity index is 678. The summed E-state index contributed by atoms with van der Waals surface area (Å²) in [5.41, 5.74) is 2.55. The van der Waals surface area contributed by atoms with Crippen molar-refractivity contribution in [2.75, 3.05) is 26.2 Å². The predicted octanol–water partition coefficient (Wildman–Crippen LogP) is 2.66. The lowest BCUT2D eigenvalue weighted by molar-refractivity contribution is 0.217. The highest BCUT2D eigenvalue weighted by molar-refractivity contribution is 14.0. The van der Waals surface area contributed by atoms with Gasteiger partial charge in [-0.25, -0.2) is 0 Å². The standard InChI is InChI=1S/C18H26N4O.HI/c1-2-19-17(22-12-18(13-23)8-9-18)20-10-7-14-11-21-16-6-4-3-5-15(14)16;/h3-6,11,21,23H,2,7-10,12-13H2,1H3,(H2,19,20,22);1H. The third kappa shape index (κ3) is 4.63. The van der Waals surface area contributed by atoms with Crippen LogP contribution in [0.1, 0.15) is 25.3 Å². The smallest absolute Gasteiger partial charge is 0.191 e. The first-order valence-electron chi connectivity index (χ1n) is 8.44. The highest BCUT2D eigenvalue weighted by Gasteiger charge is 2.41. The van der Waals surface area contributed by atoms with E-state index < -0.39 is 0 Å². The van der Waals surface area contributed by atoms with E-state index in [9.17, 15) is 5.11 Å². The minimum absolute atomic E-state index is 0. The molecular weight excluding hydrogens is 415 g/mol. The van der Waals surface area contributed by atoms with Crippen molar-refractivity contribution in [3.05, 3.63) is 36.0 Å². The molecule has 0 aliphatic heterocycles. The molecule has 1 fully saturated rings. The number of nitrogens with one attached hydrogen (secondary N) is 3. The molecule has 1 aromatic heterocycles. The summed E-state index contributed by atoms with van der Waals surface area (Å²) in [6.45, 7) is 4.68. The van der Waals surface area contributed by atoms with Crippen LogP contribution in [-0.4, -0.2) is 42.3 Å². The second-order valence-electron chi connectivity index (χ2n) is 6.39. The first-order chi connectivity index (χ1) is 11.3. The summed E-state index contributed by atoms with van der Waals surface area (Å²) in [4.78, 5) is 7.94. The first kappa shape index (κ1) is 19.1. The summed E-state index contributed by atoms with van der Waals surface area (Å²) in [6.07, 6.45) is 5.20. The number of rotatable bonds is 7. The molecule has 4 N–H and O–H groups in total. The van der Waals surface area contributed by atoms with Gasteiger partial charge < -0.3 is 20.7 Å². The van der Waals surface area contributed by atoms with E-state index in [-0.39, 0.29) is 36.0 Å². The fraction of sp³-hybridized carbons (Fsp3) is 0.500. The van der Waals surface area contributed by atoms with Gasteiger partial charge in [-0.1, -0.05) is 18.2 Å². The predicted molar refractivity (Wildman–Crippen MR) is 110 cm³/mol. The minimum Gasteiger partial charge on any atom is -0.396 e. The lowest BCUT2D eigenvalue weighted by atomic mass is 10.1. The quantitative estimate of drug-likeness (QED) is 0.303. The summed E-state index contributed by atoms with van der Waals surface area (Å²) < 4.78 is 0. The number of hydrogen-bond acceptors (Lipinski definition) is 2. The van der Waals surface area contributed by atoms with Gasteiger partial charge in [0.05, 0.1) is 13.2 Å². The summed E-state index contributed by atoms with van der Waals surface area (Å²) in [6, 6.07) is 8.37. The molecule has 0 spiro atoms. The zero-order valence-corrected chi connectivity index (χ0v) is 16.5. The van der Waals surface area contributed by atoms with Gasteiger partial charge in [0.2, 0.25) is 0 Å². The van der Waals surface area contributed by atoms with Gasteiger partial charge in [-0.3, -0.25) is 4.99 Å². The summed E-state index contributed by atoms with van der Waals surface area (Å²) in [5, 5.41) is 17.3. The molecule has 24 heavy (non-hydrogen) atoms. The van der Waals surface area contributed by atoms with Gasteiger partial charge in [-0.2, -0.15) is 0 Å². The molecule has 0 radical (unpaired) electrons. The first-order valence-corrected chi connectivity index (χ1v) is 8.44. The summed E-state index contributed by atoms with van der Waals surface area (Å²) in [5.74, 6) is 0.840. The van der Waals surface area contributed by atoms with Crippen molar-refractivity contribution in [3.8, 4) is 0 Å². The van der Waals surface area contributed by atoms with Crippen LogP contribution in [0.3, 0.4) is 0 Å². The Labute approximate surface area is 160 Å². The highest BCUT2D eigenvalue weighted by Crippen LogP contribution is 2.45. The second-order valence-corrected chi connectivity index (χ2v) is 6.39. The lowest BCUT2D eigenvalue weighted by Gasteiger charge is -2.13. The number of halogens is 1. The number of nitrogens with zero attached hydrogens (tertiary/aromatic N) is 1. The SMILES string of the molecule is CCNC(=NCC1(CO)CC1)NCCc1c[nH]c2ccccc12.I. The zero-order valence-electron chi connectivity index (χ0n) is 14.1. The molecular formula is C18H27IN4O. The molecule has 0 unspecified atom stereocenters. The molecule has 1 aliphatic carbocycles. The Morgan fingerprint density at radius 2 is 2.08 bits per heavy atom. The molecule has 3 rings (SSSR count). The number of aliphatic hydroxyl groups is 1. The monoisotopic (exact) mass is 442 g/mol.